The van der Waals surface area contributed by atoms with Gasteiger partial charge in [0.2, 0.25) is 0 Å². The quantitative estimate of drug-likeness (QED) is 0.412. The van der Waals surface area contributed by atoms with Gasteiger partial charge in [0.05, 0.1) is 18.4 Å². The van der Waals surface area contributed by atoms with Crippen molar-refractivity contribution in [3.05, 3.63) is 53.6 Å². The maximum atomic E-state index is 4.92. The number of pyridine rings is 1. The van der Waals surface area contributed by atoms with Crippen molar-refractivity contribution in [2.24, 2.45) is 5.92 Å². The van der Waals surface area contributed by atoms with E-state index in [2.05, 4.69) is 58.5 Å². The van der Waals surface area contributed by atoms with E-state index in [1.165, 1.54) is 12.8 Å². The normalized spacial score (nSPS) is 15.1. The van der Waals surface area contributed by atoms with Gasteiger partial charge in [-0.3, -0.25) is 0 Å². The van der Waals surface area contributed by atoms with E-state index in [1.807, 2.05) is 28.9 Å². The third kappa shape index (κ3) is 4.02. The number of imidazole rings is 1. The van der Waals surface area contributed by atoms with E-state index in [9.17, 15) is 0 Å². The SMILES string of the molecule is Cc1c(CNc2cc(NCC3CCNCC3)nc3c(C(C)C)cnn23)nc2ccccn12. The predicted molar refractivity (Wildman–Crippen MR) is 128 cm³/mol. The summed E-state index contributed by atoms with van der Waals surface area (Å²) >= 11 is 0. The number of nitrogens with zero attached hydrogens (tertiary/aromatic N) is 5. The molecule has 0 aromatic carbocycles. The molecule has 0 radical (unpaired) electrons. The largest absolute Gasteiger partial charge is 0.370 e. The molecule has 5 rings (SSSR count). The molecule has 0 bridgehead atoms. The van der Waals surface area contributed by atoms with Crippen LogP contribution in [0.5, 0.6) is 0 Å². The van der Waals surface area contributed by atoms with Crippen LogP contribution in [0.4, 0.5) is 11.6 Å². The summed E-state index contributed by atoms with van der Waals surface area (Å²) in [5, 5.41) is 15.2. The predicted octanol–water partition coefficient (Wildman–Crippen LogP) is 3.83. The van der Waals surface area contributed by atoms with E-state index >= 15 is 0 Å². The lowest BCUT2D eigenvalue weighted by molar-refractivity contribution is 0.389. The molecule has 0 amide bonds. The van der Waals surface area contributed by atoms with Crippen molar-refractivity contribution in [1.82, 2.24) is 29.3 Å². The average Bonchev–Trinajstić information content (AvgIpc) is 3.38. The molecule has 5 heterocycles. The van der Waals surface area contributed by atoms with Gasteiger partial charge in [0, 0.05) is 30.1 Å². The van der Waals surface area contributed by atoms with Crippen LogP contribution in [-0.4, -0.2) is 43.6 Å². The summed E-state index contributed by atoms with van der Waals surface area (Å²) in [7, 11) is 0. The van der Waals surface area contributed by atoms with Gasteiger partial charge in [-0.1, -0.05) is 19.9 Å². The Morgan fingerprint density at radius 2 is 2.00 bits per heavy atom. The fraction of sp³-hybridized carbons (Fsp3) is 0.458. The lowest BCUT2D eigenvalue weighted by atomic mass is 9.98. The van der Waals surface area contributed by atoms with E-state index < -0.39 is 0 Å². The van der Waals surface area contributed by atoms with E-state index in [1.54, 1.807) is 0 Å². The molecule has 1 aliphatic rings. The van der Waals surface area contributed by atoms with Crippen LogP contribution in [0.25, 0.3) is 11.3 Å². The maximum Gasteiger partial charge on any atom is 0.163 e. The monoisotopic (exact) mass is 432 g/mol. The van der Waals surface area contributed by atoms with Gasteiger partial charge in [0.15, 0.2) is 5.65 Å². The molecule has 1 fully saturated rings. The number of rotatable bonds is 7. The van der Waals surface area contributed by atoms with Crippen molar-refractivity contribution in [3.8, 4) is 0 Å². The molecule has 0 aliphatic carbocycles. The molecular formula is C24H32N8. The number of piperidine rings is 1. The van der Waals surface area contributed by atoms with Gasteiger partial charge in [0.25, 0.3) is 0 Å². The first-order chi connectivity index (χ1) is 15.6. The molecule has 4 aromatic heterocycles. The zero-order valence-corrected chi connectivity index (χ0v) is 19.1. The van der Waals surface area contributed by atoms with Crippen LogP contribution in [-0.2, 0) is 6.54 Å². The number of nitrogens with one attached hydrogen (secondary N) is 3. The van der Waals surface area contributed by atoms with E-state index in [0.717, 1.165) is 59.5 Å². The summed E-state index contributed by atoms with van der Waals surface area (Å²) in [6, 6.07) is 8.15. The van der Waals surface area contributed by atoms with Crippen LogP contribution in [0.1, 0.15) is 49.6 Å². The van der Waals surface area contributed by atoms with Gasteiger partial charge in [0.1, 0.15) is 17.3 Å². The van der Waals surface area contributed by atoms with Gasteiger partial charge in [-0.25, -0.2) is 9.97 Å². The topological polar surface area (TPSA) is 83.6 Å². The Bertz CT molecular complexity index is 1220. The summed E-state index contributed by atoms with van der Waals surface area (Å²) in [5.41, 5.74) is 5.20. The molecule has 1 saturated heterocycles. The third-order valence-electron chi connectivity index (χ3n) is 6.46. The third-order valence-corrected chi connectivity index (χ3v) is 6.46. The second kappa shape index (κ2) is 8.78. The fourth-order valence-electron chi connectivity index (χ4n) is 4.45. The fourth-order valence-corrected chi connectivity index (χ4v) is 4.45. The first-order valence-corrected chi connectivity index (χ1v) is 11.6. The van der Waals surface area contributed by atoms with Crippen LogP contribution < -0.4 is 16.0 Å². The van der Waals surface area contributed by atoms with Gasteiger partial charge < -0.3 is 20.4 Å². The molecule has 168 valence electrons. The lowest BCUT2D eigenvalue weighted by Crippen LogP contribution is -2.31. The molecule has 8 heteroatoms. The molecule has 0 saturated carbocycles. The molecule has 0 unspecified atom stereocenters. The molecule has 8 nitrogen and oxygen atoms in total. The second-order valence-corrected chi connectivity index (χ2v) is 9.02. The highest BCUT2D eigenvalue weighted by atomic mass is 15.3. The van der Waals surface area contributed by atoms with Crippen LogP contribution >= 0.6 is 0 Å². The Kier molecular flexibility index (Phi) is 5.70. The summed E-state index contributed by atoms with van der Waals surface area (Å²) in [6.07, 6.45) is 6.40. The Labute approximate surface area is 188 Å². The highest BCUT2D eigenvalue weighted by Crippen LogP contribution is 2.25. The first-order valence-electron chi connectivity index (χ1n) is 11.6. The average molecular weight is 433 g/mol. The Hall–Kier alpha value is -3.13. The summed E-state index contributed by atoms with van der Waals surface area (Å²) in [5.74, 6) is 2.85. The summed E-state index contributed by atoms with van der Waals surface area (Å²) in [6.45, 7) is 10.2. The number of hydrogen-bond acceptors (Lipinski definition) is 6. The lowest BCUT2D eigenvalue weighted by Gasteiger charge is -2.23. The van der Waals surface area contributed by atoms with Crippen LogP contribution in [0.2, 0.25) is 0 Å². The summed E-state index contributed by atoms with van der Waals surface area (Å²) < 4.78 is 4.03. The number of aromatic nitrogens is 5. The minimum Gasteiger partial charge on any atom is -0.370 e. The van der Waals surface area contributed by atoms with Crippen LogP contribution in [0, 0.1) is 12.8 Å². The number of fused-ring (bicyclic) bond motifs is 2. The van der Waals surface area contributed by atoms with E-state index in [-0.39, 0.29) is 0 Å². The standard InChI is InChI=1S/C24H32N8/c1-16(2)19-14-28-32-23(27-15-20-17(3)31-11-5-4-6-22(31)29-20)12-21(30-24(19)32)26-13-18-7-9-25-10-8-18/h4-6,11-12,14,16,18,25,27H,7-10,13,15H2,1-3H3,(H,26,30). The van der Waals surface area contributed by atoms with Crippen molar-refractivity contribution >= 4 is 22.9 Å². The zero-order valence-electron chi connectivity index (χ0n) is 19.1. The van der Waals surface area contributed by atoms with Gasteiger partial charge in [-0.05, 0) is 56.8 Å². The molecule has 0 spiro atoms. The number of hydrogen-bond donors (Lipinski definition) is 3. The Balaban J connectivity index is 1.42. The van der Waals surface area contributed by atoms with Gasteiger partial charge in [-0.2, -0.15) is 9.61 Å². The van der Waals surface area contributed by atoms with Crippen molar-refractivity contribution in [1.29, 1.82) is 0 Å². The molecule has 1 aliphatic heterocycles. The van der Waals surface area contributed by atoms with Gasteiger partial charge >= 0.3 is 0 Å². The van der Waals surface area contributed by atoms with E-state index in [0.29, 0.717) is 18.4 Å². The van der Waals surface area contributed by atoms with Crippen LogP contribution in [0.15, 0.2) is 36.7 Å². The molecule has 4 aromatic rings. The van der Waals surface area contributed by atoms with Crippen LogP contribution in [0.3, 0.4) is 0 Å². The molecule has 0 atom stereocenters. The number of aryl methyl sites for hydroxylation is 1. The van der Waals surface area contributed by atoms with Crippen molar-refractivity contribution in [2.45, 2.75) is 46.1 Å². The van der Waals surface area contributed by atoms with Crippen molar-refractivity contribution in [3.63, 3.8) is 0 Å². The maximum absolute atomic E-state index is 4.92. The Morgan fingerprint density at radius 3 is 2.78 bits per heavy atom. The highest BCUT2D eigenvalue weighted by Gasteiger charge is 2.17. The first kappa shape index (κ1) is 20.8. The molecular weight excluding hydrogens is 400 g/mol. The minimum absolute atomic E-state index is 0.355. The van der Waals surface area contributed by atoms with Gasteiger partial charge in [-0.15, -0.1) is 0 Å². The summed E-state index contributed by atoms with van der Waals surface area (Å²) in [4.78, 5) is 9.72. The molecule has 3 N–H and O–H groups in total. The van der Waals surface area contributed by atoms with E-state index in [4.69, 9.17) is 9.97 Å². The zero-order chi connectivity index (χ0) is 22.1. The highest BCUT2D eigenvalue weighted by molar-refractivity contribution is 5.61. The molecule has 32 heavy (non-hydrogen) atoms. The number of anilines is 2. The van der Waals surface area contributed by atoms with Crippen molar-refractivity contribution in [2.75, 3.05) is 30.3 Å². The second-order valence-electron chi connectivity index (χ2n) is 9.02. The van der Waals surface area contributed by atoms with Crippen molar-refractivity contribution < 1.29 is 0 Å². The Morgan fingerprint density at radius 1 is 1.16 bits per heavy atom. The smallest absolute Gasteiger partial charge is 0.163 e. The minimum atomic E-state index is 0.355.